The fourth-order valence-electron chi connectivity index (χ4n) is 4.35. The van der Waals surface area contributed by atoms with Gasteiger partial charge in [0.25, 0.3) is 0 Å². The van der Waals surface area contributed by atoms with Gasteiger partial charge in [-0.05, 0) is 116 Å². The van der Waals surface area contributed by atoms with Gasteiger partial charge in [0.1, 0.15) is 0 Å². The first kappa shape index (κ1) is 36.2. The van der Waals surface area contributed by atoms with E-state index in [1.54, 1.807) is 0 Å². The van der Waals surface area contributed by atoms with Gasteiger partial charge in [0, 0.05) is 8.95 Å². The molecule has 0 saturated heterocycles. The van der Waals surface area contributed by atoms with E-state index in [4.69, 9.17) is 35.2 Å². The van der Waals surface area contributed by atoms with E-state index in [1.165, 1.54) is 22.3 Å². The molecule has 0 bridgehead atoms. The number of aromatic nitrogens is 1. The van der Waals surface area contributed by atoms with Crippen molar-refractivity contribution in [3.63, 3.8) is 0 Å². The minimum absolute atomic E-state index is 0.194. The van der Waals surface area contributed by atoms with Crippen LogP contribution in [0.15, 0.2) is 61.4 Å². The Morgan fingerprint density at radius 3 is 1.29 bits per heavy atom. The topological polar surface area (TPSA) is 37.6 Å². The van der Waals surface area contributed by atoms with Crippen molar-refractivity contribution in [1.82, 2.24) is 4.98 Å². The zero-order valence-corrected chi connectivity index (χ0v) is 31.3. The fraction of sp³-hybridized carbons (Fsp3) is 0.424. The molecule has 0 fully saturated rings. The van der Waals surface area contributed by atoms with Gasteiger partial charge in [0.2, 0.25) is 0 Å². The van der Waals surface area contributed by atoms with Gasteiger partial charge in [-0.3, -0.25) is 9.98 Å². The van der Waals surface area contributed by atoms with E-state index in [-0.39, 0.29) is 13.1 Å². The minimum atomic E-state index is 0.194. The molecule has 3 rings (SSSR count). The number of benzene rings is 2. The number of halogens is 4. The van der Waals surface area contributed by atoms with Crippen molar-refractivity contribution in [2.45, 2.75) is 92.9 Å². The molecule has 0 radical (unpaired) electrons. The van der Waals surface area contributed by atoms with E-state index in [9.17, 15) is 0 Å². The van der Waals surface area contributed by atoms with E-state index >= 15 is 0 Å². The van der Waals surface area contributed by atoms with E-state index < -0.39 is 0 Å². The average molecular weight is 766 g/mol. The van der Waals surface area contributed by atoms with Gasteiger partial charge in [-0.25, -0.2) is 4.98 Å². The summed E-state index contributed by atoms with van der Waals surface area (Å²) in [6.45, 7) is 21.8. The molecule has 0 unspecified atom stereocenters. The van der Waals surface area contributed by atoms with Gasteiger partial charge < -0.3 is 0 Å². The van der Waals surface area contributed by atoms with E-state index in [1.807, 2.05) is 32.0 Å². The van der Waals surface area contributed by atoms with Gasteiger partial charge in [-0.2, -0.15) is 0 Å². The summed E-state index contributed by atoms with van der Waals surface area (Å²) < 4.78 is 2.05. The summed E-state index contributed by atoms with van der Waals surface area (Å²) in [5.41, 5.74) is 10.5. The summed E-state index contributed by atoms with van der Waals surface area (Å²) in [4.78, 5) is 15.1. The first-order chi connectivity index (χ1) is 19.2. The summed E-state index contributed by atoms with van der Waals surface area (Å²) in [6, 6.07) is 15.1. The predicted octanol–water partition coefficient (Wildman–Crippen LogP) is 12.8. The second-order valence-electron chi connectivity index (χ2n) is 11.4. The number of rotatable bonds is 8. The number of nitrogens with zero attached hydrogens (tertiary/aromatic N) is 3. The molecule has 0 atom stereocenters. The van der Waals surface area contributed by atoms with Crippen molar-refractivity contribution in [3.8, 4) is 0 Å². The number of pyridine rings is 1. The summed E-state index contributed by atoms with van der Waals surface area (Å²) in [5, 5.41) is 0. The summed E-state index contributed by atoms with van der Waals surface area (Å²) in [7, 11) is 9.53. The Labute approximate surface area is 278 Å². The van der Waals surface area contributed by atoms with Crippen LogP contribution in [0.2, 0.25) is 0 Å². The molecule has 41 heavy (non-hydrogen) atoms. The van der Waals surface area contributed by atoms with Gasteiger partial charge in [-0.1, -0.05) is 73.6 Å². The van der Waals surface area contributed by atoms with Crippen LogP contribution in [0.3, 0.4) is 0 Å². The molecule has 224 valence electrons. The normalized spacial score (nSPS) is 12.5. The third kappa shape index (κ3) is 10.0. The van der Waals surface area contributed by atoms with Crippen LogP contribution in [-0.2, 0) is 13.1 Å². The zero-order chi connectivity index (χ0) is 31.0. The summed E-state index contributed by atoms with van der Waals surface area (Å²) >= 11 is 7.79. The van der Waals surface area contributed by atoms with Crippen molar-refractivity contribution in [2.24, 2.45) is 9.98 Å². The van der Waals surface area contributed by atoms with Crippen LogP contribution >= 0.6 is 52.1 Å². The van der Waals surface area contributed by atoms with Gasteiger partial charge >= 0.3 is 33.3 Å². The molecule has 0 aliphatic rings. The number of aliphatic imine (C=N–C) groups is 2. The third-order valence-corrected chi connectivity index (χ3v) is 8.07. The molecule has 1 heterocycles. The Balaban J connectivity index is 0.00000187. The van der Waals surface area contributed by atoms with E-state index in [2.05, 4.69) is 112 Å². The first-order valence-corrected chi connectivity index (χ1v) is 18.4. The average Bonchev–Trinajstić information content (AvgIpc) is 2.90. The van der Waals surface area contributed by atoms with Gasteiger partial charge in [0.05, 0.1) is 34.2 Å². The maximum atomic E-state index is 5.07. The SMILES string of the molecule is CC(=Nc1c(Br)cc(C(C)C)cc1C(C)C)c1cccc(C(C)=Nc2c(Br)cc(C(C)C)cc2C(C)C)n1.[Cl][Fe][Cl]. The molecule has 0 amide bonds. The monoisotopic (exact) mass is 763 g/mol. The van der Waals surface area contributed by atoms with Crippen LogP contribution in [0.1, 0.15) is 127 Å². The van der Waals surface area contributed by atoms with Crippen LogP contribution in [-0.4, -0.2) is 16.4 Å². The molecule has 0 aliphatic carbocycles. The molecule has 0 saturated carbocycles. The van der Waals surface area contributed by atoms with Crippen LogP contribution in [0.25, 0.3) is 0 Å². The Kier molecular flexibility index (Phi) is 14.8. The van der Waals surface area contributed by atoms with Gasteiger partial charge in [-0.15, -0.1) is 0 Å². The third-order valence-electron chi connectivity index (χ3n) is 6.86. The molecule has 3 aromatic rings. The number of hydrogen-bond donors (Lipinski definition) is 0. The standard InChI is InChI=1S/C33H41Br2N3.2ClH.Fe/c1-18(2)24-14-26(20(5)6)32(28(34)16-24)36-22(9)30-12-11-13-31(38-30)23(10)37-33-27(21(7)8)15-25(19(3)4)17-29(33)35;;;/h11-21H,1-10H3;2*1H;/q;;;+2/p-2. The molecule has 0 aliphatic heterocycles. The van der Waals surface area contributed by atoms with Crippen molar-refractivity contribution in [1.29, 1.82) is 0 Å². The Morgan fingerprint density at radius 1 is 0.659 bits per heavy atom. The van der Waals surface area contributed by atoms with Crippen LogP contribution in [0.5, 0.6) is 0 Å². The zero-order valence-electron chi connectivity index (χ0n) is 25.6. The Morgan fingerprint density at radius 2 is 1.00 bits per heavy atom. The second kappa shape index (κ2) is 16.7. The molecular formula is C33H41Br2Cl2FeN3. The molecule has 8 heteroatoms. The fourth-order valence-corrected chi connectivity index (χ4v) is 5.52. The number of hydrogen-bond acceptors (Lipinski definition) is 3. The van der Waals surface area contributed by atoms with E-state index in [0.29, 0.717) is 23.7 Å². The Hall–Kier alpha value is -1.01. The second-order valence-corrected chi connectivity index (χ2v) is 14.9. The maximum absolute atomic E-state index is 5.07. The van der Waals surface area contributed by atoms with Crippen molar-refractivity contribution in [3.05, 3.63) is 85.1 Å². The van der Waals surface area contributed by atoms with Crippen molar-refractivity contribution in [2.75, 3.05) is 0 Å². The van der Waals surface area contributed by atoms with Crippen LogP contribution < -0.4 is 0 Å². The molecular weight excluding hydrogens is 725 g/mol. The quantitative estimate of drug-likeness (QED) is 0.166. The van der Waals surface area contributed by atoms with Crippen LogP contribution in [0, 0.1) is 0 Å². The molecule has 3 nitrogen and oxygen atoms in total. The van der Waals surface area contributed by atoms with Crippen LogP contribution in [0.4, 0.5) is 11.4 Å². The summed E-state index contributed by atoms with van der Waals surface area (Å²) in [5.74, 6) is 1.64. The van der Waals surface area contributed by atoms with Gasteiger partial charge in [0.15, 0.2) is 0 Å². The Bertz CT molecular complexity index is 1300. The predicted molar refractivity (Wildman–Crippen MR) is 184 cm³/mol. The molecule has 0 N–H and O–H groups in total. The first-order valence-electron chi connectivity index (χ1n) is 13.8. The molecule has 0 spiro atoms. The molecule has 2 aromatic carbocycles. The van der Waals surface area contributed by atoms with Crippen molar-refractivity contribution < 1.29 is 13.1 Å². The van der Waals surface area contributed by atoms with Crippen molar-refractivity contribution >= 4 is 74.9 Å². The van der Waals surface area contributed by atoms with E-state index in [0.717, 1.165) is 43.1 Å². The molecule has 1 aromatic heterocycles. The summed E-state index contributed by atoms with van der Waals surface area (Å²) in [6.07, 6.45) is 0.